The minimum absolute atomic E-state index is 0.175. The highest BCUT2D eigenvalue weighted by Gasteiger charge is 2.28. The van der Waals surface area contributed by atoms with E-state index in [2.05, 4.69) is 0 Å². The number of nitrogens with zero attached hydrogens (tertiary/aromatic N) is 1. The van der Waals surface area contributed by atoms with Crippen LogP contribution in [0.1, 0.15) is 16.8 Å². The van der Waals surface area contributed by atoms with E-state index in [1.807, 2.05) is 0 Å². The van der Waals surface area contributed by atoms with Crippen LogP contribution in [0.3, 0.4) is 0 Å². The van der Waals surface area contributed by atoms with E-state index in [4.69, 9.17) is 5.73 Å². The van der Waals surface area contributed by atoms with Crippen LogP contribution < -0.4 is 5.73 Å². The summed E-state index contributed by atoms with van der Waals surface area (Å²) in [6, 6.07) is 0.809. The van der Waals surface area contributed by atoms with E-state index in [0.717, 1.165) is 0 Å². The summed E-state index contributed by atoms with van der Waals surface area (Å²) in [6.07, 6.45) is 0.593. The Kier molecular flexibility index (Phi) is 3.06. The van der Waals surface area contributed by atoms with Crippen LogP contribution in [0.15, 0.2) is 12.1 Å². The number of rotatable bonds is 1. The van der Waals surface area contributed by atoms with E-state index in [-0.39, 0.29) is 12.6 Å². The molecule has 1 aliphatic heterocycles. The number of halogens is 3. The molecule has 6 heteroatoms. The summed E-state index contributed by atoms with van der Waals surface area (Å²) in [5.41, 5.74) is 4.88. The Labute approximate surface area is 96.0 Å². The van der Waals surface area contributed by atoms with E-state index in [1.165, 1.54) is 4.90 Å². The standard InChI is InChI=1S/C11H11F3N2O/c12-6-3-8(13)10(9(14)4-6)11(17)16-2-1-7(15)5-16/h3-4,7H,1-2,5,15H2/t7-/m0/s1. The van der Waals surface area contributed by atoms with Crippen molar-refractivity contribution >= 4 is 5.91 Å². The Morgan fingerprint density at radius 2 is 1.88 bits per heavy atom. The fraction of sp³-hybridized carbons (Fsp3) is 0.364. The molecule has 0 bridgehead atoms. The average molecular weight is 244 g/mol. The highest BCUT2D eigenvalue weighted by Crippen LogP contribution is 2.19. The molecule has 1 saturated heterocycles. The van der Waals surface area contributed by atoms with Gasteiger partial charge in [0.2, 0.25) is 0 Å². The molecule has 1 heterocycles. The third kappa shape index (κ3) is 2.26. The maximum atomic E-state index is 13.4. The second-order valence-corrected chi connectivity index (χ2v) is 4.04. The summed E-state index contributed by atoms with van der Waals surface area (Å²) in [4.78, 5) is 13.1. The molecule has 17 heavy (non-hydrogen) atoms. The molecule has 1 amide bonds. The van der Waals surface area contributed by atoms with Gasteiger partial charge in [0.15, 0.2) is 0 Å². The smallest absolute Gasteiger partial charge is 0.259 e. The van der Waals surface area contributed by atoms with E-state index >= 15 is 0 Å². The fourth-order valence-corrected chi connectivity index (χ4v) is 1.88. The quantitative estimate of drug-likeness (QED) is 0.808. The molecule has 92 valence electrons. The van der Waals surface area contributed by atoms with Gasteiger partial charge in [-0.15, -0.1) is 0 Å². The molecule has 0 spiro atoms. The number of nitrogens with two attached hydrogens (primary N) is 1. The van der Waals surface area contributed by atoms with E-state index < -0.39 is 28.9 Å². The van der Waals surface area contributed by atoms with Crippen molar-refractivity contribution in [3.8, 4) is 0 Å². The van der Waals surface area contributed by atoms with Gasteiger partial charge in [0.05, 0.1) is 0 Å². The van der Waals surface area contributed by atoms with Gasteiger partial charge in [0.25, 0.3) is 5.91 Å². The van der Waals surface area contributed by atoms with Crippen molar-refractivity contribution < 1.29 is 18.0 Å². The first-order valence-corrected chi connectivity index (χ1v) is 5.18. The number of carbonyl (C=O) groups excluding carboxylic acids is 1. The summed E-state index contributed by atoms with van der Waals surface area (Å²) in [5, 5.41) is 0. The summed E-state index contributed by atoms with van der Waals surface area (Å²) in [7, 11) is 0. The van der Waals surface area contributed by atoms with Crippen LogP contribution >= 0.6 is 0 Å². The second-order valence-electron chi connectivity index (χ2n) is 4.04. The number of hydrogen-bond donors (Lipinski definition) is 1. The van der Waals surface area contributed by atoms with Gasteiger partial charge in [0.1, 0.15) is 23.0 Å². The van der Waals surface area contributed by atoms with Crippen LogP contribution in [0.25, 0.3) is 0 Å². The third-order valence-electron chi connectivity index (χ3n) is 2.73. The predicted molar refractivity (Wildman–Crippen MR) is 54.8 cm³/mol. The van der Waals surface area contributed by atoms with Crippen molar-refractivity contribution in [3.63, 3.8) is 0 Å². The van der Waals surface area contributed by atoms with Gasteiger partial charge in [-0.1, -0.05) is 0 Å². The largest absolute Gasteiger partial charge is 0.337 e. The molecule has 1 aromatic carbocycles. The van der Waals surface area contributed by atoms with Crippen LogP contribution in [0.4, 0.5) is 13.2 Å². The van der Waals surface area contributed by atoms with Gasteiger partial charge >= 0.3 is 0 Å². The second kappa shape index (κ2) is 4.37. The lowest BCUT2D eigenvalue weighted by Gasteiger charge is -2.16. The van der Waals surface area contributed by atoms with Gasteiger partial charge in [-0.25, -0.2) is 13.2 Å². The minimum Gasteiger partial charge on any atom is -0.337 e. The van der Waals surface area contributed by atoms with Gasteiger partial charge in [-0.2, -0.15) is 0 Å². The zero-order chi connectivity index (χ0) is 12.6. The normalized spacial score (nSPS) is 19.8. The summed E-state index contributed by atoms with van der Waals surface area (Å²) >= 11 is 0. The minimum atomic E-state index is -1.19. The van der Waals surface area contributed by atoms with Crippen LogP contribution in [-0.2, 0) is 0 Å². The summed E-state index contributed by atoms with van der Waals surface area (Å²) in [5.74, 6) is -4.21. The molecule has 0 radical (unpaired) electrons. The Hall–Kier alpha value is -1.56. The predicted octanol–water partition coefficient (Wildman–Crippen LogP) is 1.28. The molecule has 2 rings (SSSR count). The first-order valence-electron chi connectivity index (χ1n) is 5.18. The van der Waals surface area contributed by atoms with Crippen molar-refractivity contribution in [3.05, 3.63) is 35.1 Å². The third-order valence-corrected chi connectivity index (χ3v) is 2.73. The number of benzene rings is 1. The van der Waals surface area contributed by atoms with Gasteiger partial charge in [-0.3, -0.25) is 4.79 Å². The first-order chi connectivity index (χ1) is 7.99. The average Bonchev–Trinajstić information content (AvgIpc) is 2.63. The Morgan fingerprint density at radius 3 is 2.35 bits per heavy atom. The van der Waals surface area contributed by atoms with Crippen LogP contribution in [0, 0.1) is 17.5 Å². The maximum absolute atomic E-state index is 13.4. The SMILES string of the molecule is N[C@H]1CCN(C(=O)c2c(F)cc(F)cc2F)C1. The number of amides is 1. The van der Waals surface area contributed by atoms with Gasteiger partial charge < -0.3 is 10.6 Å². The van der Waals surface area contributed by atoms with E-state index in [0.29, 0.717) is 25.1 Å². The zero-order valence-corrected chi connectivity index (χ0v) is 8.92. The van der Waals surface area contributed by atoms with Gasteiger partial charge in [-0.05, 0) is 6.42 Å². The lowest BCUT2D eigenvalue weighted by molar-refractivity contribution is 0.0781. The van der Waals surface area contributed by atoms with E-state index in [1.54, 1.807) is 0 Å². The molecule has 0 saturated carbocycles. The zero-order valence-electron chi connectivity index (χ0n) is 8.92. The fourth-order valence-electron chi connectivity index (χ4n) is 1.88. The van der Waals surface area contributed by atoms with E-state index in [9.17, 15) is 18.0 Å². The summed E-state index contributed by atoms with van der Waals surface area (Å²) < 4.78 is 39.4. The van der Waals surface area contributed by atoms with Crippen LogP contribution in [-0.4, -0.2) is 29.9 Å². The van der Waals surface area contributed by atoms with Crippen molar-refractivity contribution in [1.82, 2.24) is 4.90 Å². The lowest BCUT2D eigenvalue weighted by Crippen LogP contribution is -2.33. The lowest BCUT2D eigenvalue weighted by atomic mass is 10.1. The Bertz CT molecular complexity index is 441. The van der Waals surface area contributed by atoms with Crippen LogP contribution in [0.5, 0.6) is 0 Å². The topological polar surface area (TPSA) is 46.3 Å². The maximum Gasteiger partial charge on any atom is 0.259 e. The molecular formula is C11H11F3N2O. The Balaban J connectivity index is 2.31. The van der Waals surface area contributed by atoms with Gasteiger partial charge in [0, 0.05) is 31.3 Å². The first kappa shape index (κ1) is 11.9. The monoisotopic (exact) mass is 244 g/mol. The molecular weight excluding hydrogens is 233 g/mol. The van der Waals surface area contributed by atoms with Crippen molar-refractivity contribution in [1.29, 1.82) is 0 Å². The molecule has 1 atom stereocenters. The number of hydrogen-bond acceptors (Lipinski definition) is 2. The molecule has 1 aromatic rings. The molecule has 0 unspecified atom stereocenters. The van der Waals surface area contributed by atoms with Crippen molar-refractivity contribution in [2.24, 2.45) is 5.73 Å². The highest BCUT2D eigenvalue weighted by molar-refractivity contribution is 5.95. The molecule has 1 fully saturated rings. The molecule has 0 aromatic heterocycles. The summed E-state index contributed by atoms with van der Waals surface area (Å²) in [6.45, 7) is 0.616. The molecule has 2 N–H and O–H groups in total. The highest BCUT2D eigenvalue weighted by atomic mass is 19.1. The number of carbonyl (C=O) groups is 1. The molecule has 1 aliphatic rings. The number of likely N-dealkylation sites (tertiary alicyclic amines) is 1. The van der Waals surface area contributed by atoms with Crippen molar-refractivity contribution in [2.75, 3.05) is 13.1 Å². The Morgan fingerprint density at radius 1 is 1.29 bits per heavy atom. The molecule has 3 nitrogen and oxygen atoms in total. The van der Waals surface area contributed by atoms with Crippen molar-refractivity contribution in [2.45, 2.75) is 12.5 Å². The van der Waals surface area contributed by atoms with Crippen LogP contribution in [0.2, 0.25) is 0 Å². The molecule has 0 aliphatic carbocycles.